The first-order chi connectivity index (χ1) is 8.66. The van der Waals surface area contributed by atoms with Crippen LogP contribution in [0.3, 0.4) is 0 Å². The van der Waals surface area contributed by atoms with Crippen LogP contribution in [0.15, 0.2) is 30.3 Å². The van der Waals surface area contributed by atoms with E-state index in [1.54, 1.807) is 0 Å². The minimum atomic E-state index is 0.666. The van der Waals surface area contributed by atoms with Crippen LogP contribution < -0.4 is 5.84 Å². The third-order valence-electron chi connectivity index (χ3n) is 2.86. The maximum Gasteiger partial charge on any atom is 0.182 e. The van der Waals surface area contributed by atoms with Crippen LogP contribution in [0.1, 0.15) is 11.5 Å². The highest BCUT2D eigenvalue weighted by molar-refractivity contribution is 5.79. The highest BCUT2D eigenvalue weighted by atomic mass is 15.4. The van der Waals surface area contributed by atoms with E-state index in [0.29, 0.717) is 17.3 Å². The Labute approximate surface area is 104 Å². The summed E-state index contributed by atoms with van der Waals surface area (Å²) >= 11 is 0. The molecule has 0 bridgehead atoms. The van der Waals surface area contributed by atoms with Gasteiger partial charge in [-0.3, -0.25) is 0 Å². The smallest absolute Gasteiger partial charge is 0.182 e. The van der Waals surface area contributed by atoms with Crippen molar-refractivity contribution in [3.05, 3.63) is 41.9 Å². The van der Waals surface area contributed by atoms with Crippen molar-refractivity contribution in [3.63, 3.8) is 0 Å². The topological polar surface area (TPSA) is 69.6 Å². The summed E-state index contributed by atoms with van der Waals surface area (Å²) in [6, 6.07) is 9.82. The molecule has 90 valence electrons. The summed E-state index contributed by atoms with van der Waals surface area (Å²) in [6.45, 7) is 3.76. The molecule has 3 rings (SSSR count). The zero-order valence-electron chi connectivity index (χ0n) is 10.3. The molecule has 5 nitrogen and oxygen atoms in total. The lowest BCUT2D eigenvalue weighted by Gasteiger charge is -2.01. The Balaban J connectivity index is 2.33. The summed E-state index contributed by atoms with van der Waals surface area (Å²) < 4.78 is 1.52. The van der Waals surface area contributed by atoms with Gasteiger partial charge in [-0.25, -0.2) is 19.6 Å². The molecule has 0 amide bonds. The van der Waals surface area contributed by atoms with Crippen molar-refractivity contribution in [1.29, 1.82) is 0 Å². The number of nitrogens with zero attached hydrogens (tertiary/aromatic N) is 4. The molecule has 0 fully saturated rings. The molecule has 3 aromatic rings. The summed E-state index contributed by atoms with van der Waals surface area (Å²) in [5, 5.41) is 0. The van der Waals surface area contributed by atoms with Crippen LogP contribution in [0.25, 0.3) is 22.6 Å². The number of nitrogens with two attached hydrogens (primary N) is 1. The van der Waals surface area contributed by atoms with E-state index in [2.05, 4.69) is 15.0 Å². The number of imidazole rings is 1. The normalized spacial score (nSPS) is 11.0. The number of hydrogen-bond donors (Lipinski definition) is 1. The summed E-state index contributed by atoms with van der Waals surface area (Å²) in [5.74, 6) is 7.48. The van der Waals surface area contributed by atoms with Crippen molar-refractivity contribution in [2.24, 2.45) is 0 Å². The van der Waals surface area contributed by atoms with E-state index in [-0.39, 0.29) is 0 Å². The highest BCUT2D eigenvalue weighted by Crippen LogP contribution is 2.22. The van der Waals surface area contributed by atoms with E-state index in [1.165, 1.54) is 4.68 Å². The van der Waals surface area contributed by atoms with Gasteiger partial charge in [-0.2, -0.15) is 0 Å². The van der Waals surface area contributed by atoms with Crippen molar-refractivity contribution in [2.75, 3.05) is 5.84 Å². The second-order valence-electron chi connectivity index (χ2n) is 4.20. The van der Waals surface area contributed by atoms with Gasteiger partial charge in [0, 0.05) is 5.56 Å². The monoisotopic (exact) mass is 239 g/mol. The van der Waals surface area contributed by atoms with Gasteiger partial charge in [0.25, 0.3) is 0 Å². The molecule has 0 aliphatic heterocycles. The number of rotatable bonds is 1. The third kappa shape index (κ3) is 1.52. The molecule has 0 radical (unpaired) electrons. The molecule has 18 heavy (non-hydrogen) atoms. The molecule has 1 aromatic carbocycles. The molecule has 0 unspecified atom stereocenters. The molecule has 0 aliphatic carbocycles. The molecule has 0 spiro atoms. The maximum absolute atomic E-state index is 6.07. The van der Waals surface area contributed by atoms with Gasteiger partial charge in [0.2, 0.25) is 0 Å². The second kappa shape index (κ2) is 3.80. The fraction of sp³-hybridized carbons (Fsp3) is 0.154. The predicted molar refractivity (Wildman–Crippen MR) is 70.4 cm³/mol. The molecular formula is C13H13N5. The average Bonchev–Trinajstić information content (AvgIpc) is 2.69. The van der Waals surface area contributed by atoms with Gasteiger partial charge in [0.1, 0.15) is 11.3 Å². The zero-order valence-corrected chi connectivity index (χ0v) is 10.3. The number of hydrogen-bond acceptors (Lipinski definition) is 4. The van der Waals surface area contributed by atoms with Gasteiger partial charge in [-0.05, 0) is 13.8 Å². The first-order valence-electron chi connectivity index (χ1n) is 5.71. The van der Waals surface area contributed by atoms with Crippen molar-refractivity contribution in [2.45, 2.75) is 13.8 Å². The SMILES string of the molecule is Cc1nc(C)c2nc(-c3ccccc3)n(N)c2n1. The number of benzene rings is 1. The average molecular weight is 239 g/mol. The van der Waals surface area contributed by atoms with Crippen LogP contribution in [0.4, 0.5) is 0 Å². The van der Waals surface area contributed by atoms with Crippen LogP contribution in [-0.2, 0) is 0 Å². The zero-order chi connectivity index (χ0) is 12.7. The fourth-order valence-corrected chi connectivity index (χ4v) is 2.04. The van der Waals surface area contributed by atoms with E-state index >= 15 is 0 Å². The van der Waals surface area contributed by atoms with Gasteiger partial charge < -0.3 is 5.84 Å². The lowest BCUT2D eigenvalue weighted by Crippen LogP contribution is -2.11. The van der Waals surface area contributed by atoms with Crippen molar-refractivity contribution in [3.8, 4) is 11.4 Å². The quantitative estimate of drug-likeness (QED) is 0.658. The standard InChI is InChI=1S/C13H13N5/c1-8-11-13(16-9(2)15-8)18(14)12(17-11)10-6-4-3-5-7-10/h3-7H,14H2,1-2H3. The molecule has 5 heteroatoms. The Hall–Kier alpha value is -2.43. The van der Waals surface area contributed by atoms with Gasteiger partial charge in [0.15, 0.2) is 11.5 Å². The number of aryl methyl sites for hydroxylation is 2. The molecule has 0 saturated heterocycles. The lowest BCUT2D eigenvalue weighted by atomic mass is 10.2. The van der Waals surface area contributed by atoms with Crippen molar-refractivity contribution >= 4 is 11.2 Å². The summed E-state index contributed by atoms with van der Waals surface area (Å²) in [6.07, 6.45) is 0. The number of fused-ring (bicyclic) bond motifs is 1. The van der Waals surface area contributed by atoms with E-state index < -0.39 is 0 Å². The third-order valence-corrected chi connectivity index (χ3v) is 2.86. The fourth-order valence-electron chi connectivity index (χ4n) is 2.04. The van der Waals surface area contributed by atoms with Crippen LogP contribution in [-0.4, -0.2) is 19.6 Å². The van der Waals surface area contributed by atoms with E-state index in [0.717, 1.165) is 16.8 Å². The highest BCUT2D eigenvalue weighted by Gasteiger charge is 2.14. The molecule has 0 aliphatic rings. The number of aromatic nitrogens is 4. The Morgan fingerprint density at radius 3 is 2.44 bits per heavy atom. The minimum Gasteiger partial charge on any atom is -0.336 e. The largest absolute Gasteiger partial charge is 0.336 e. The Kier molecular flexibility index (Phi) is 2.26. The van der Waals surface area contributed by atoms with E-state index in [4.69, 9.17) is 5.84 Å². The molecule has 2 N–H and O–H groups in total. The van der Waals surface area contributed by atoms with Crippen LogP contribution >= 0.6 is 0 Å². The second-order valence-corrected chi connectivity index (χ2v) is 4.20. The van der Waals surface area contributed by atoms with E-state index in [9.17, 15) is 0 Å². The maximum atomic E-state index is 6.07. The van der Waals surface area contributed by atoms with Crippen molar-refractivity contribution < 1.29 is 0 Å². The van der Waals surface area contributed by atoms with Gasteiger partial charge in [-0.15, -0.1) is 0 Å². The van der Waals surface area contributed by atoms with Crippen LogP contribution in [0, 0.1) is 13.8 Å². The van der Waals surface area contributed by atoms with Gasteiger partial charge >= 0.3 is 0 Å². The summed E-state index contributed by atoms with van der Waals surface area (Å²) in [5.41, 5.74) is 3.23. The lowest BCUT2D eigenvalue weighted by molar-refractivity contribution is 0.986. The molecule has 0 saturated carbocycles. The molecule has 2 aromatic heterocycles. The molecular weight excluding hydrogens is 226 g/mol. The Morgan fingerprint density at radius 2 is 1.72 bits per heavy atom. The minimum absolute atomic E-state index is 0.666. The van der Waals surface area contributed by atoms with Gasteiger partial charge in [0.05, 0.1) is 5.69 Å². The summed E-state index contributed by atoms with van der Waals surface area (Å²) in [4.78, 5) is 13.2. The number of nitrogen functional groups attached to an aromatic ring is 1. The first kappa shape index (κ1) is 10.7. The van der Waals surface area contributed by atoms with Gasteiger partial charge in [-0.1, -0.05) is 30.3 Å². The summed E-state index contributed by atoms with van der Waals surface area (Å²) in [7, 11) is 0. The molecule has 0 atom stereocenters. The molecule has 2 heterocycles. The predicted octanol–water partition coefficient (Wildman–Crippen LogP) is 1.82. The Bertz CT molecular complexity index is 715. The first-order valence-corrected chi connectivity index (χ1v) is 5.71. The van der Waals surface area contributed by atoms with Crippen LogP contribution in [0.2, 0.25) is 0 Å². The Morgan fingerprint density at radius 1 is 1.00 bits per heavy atom. The van der Waals surface area contributed by atoms with Crippen LogP contribution in [0.5, 0.6) is 0 Å². The van der Waals surface area contributed by atoms with E-state index in [1.807, 2.05) is 44.2 Å². The van der Waals surface area contributed by atoms with Crippen molar-refractivity contribution in [1.82, 2.24) is 19.6 Å².